The van der Waals surface area contributed by atoms with Crippen LogP contribution >= 0.6 is 22.6 Å². The Bertz CT molecular complexity index is 554. The summed E-state index contributed by atoms with van der Waals surface area (Å²) in [5.74, 6) is -1.34. The smallest absolute Gasteiger partial charge is 0.336 e. The molecule has 0 saturated heterocycles. The van der Waals surface area contributed by atoms with E-state index in [-0.39, 0.29) is 0 Å². The molecule has 0 heterocycles. The fraction of sp³-hybridized carbons (Fsp3) is 0.900. The number of hydrogen-bond donors (Lipinski definition) is 0. The van der Waals surface area contributed by atoms with Crippen molar-refractivity contribution in [2.75, 3.05) is 0 Å². The second-order valence-corrected chi connectivity index (χ2v) is 21.9. The summed E-state index contributed by atoms with van der Waals surface area (Å²) in [7, 11) is -4.13. The number of halogens is 1. The minimum absolute atomic E-state index is 0.495. The topological polar surface area (TPSA) is 71.1 Å². The number of carbonyl (C=O) groups is 2. The zero-order chi connectivity index (χ0) is 23.6. The Labute approximate surface area is 193 Å². The normalized spacial score (nSPS) is 16.2. The fourth-order valence-electron chi connectivity index (χ4n) is 2.52. The third kappa shape index (κ3) is 10.7. The van der Waals surface area contributed by atoms with Gasteiger partial charge in [0.1, 0.15) is 17.3 Å². The lowest BCUT2D eigenvalue weighted by Gasteiger charge is -2.42. The van der Waals surface area contributed by atoms with Crippen LogP contribution in [0.5, 0.6) is 0 Å². The third-order valence-electron chi connectivity index (χ3n) is 3.23. The first kappa shape index (κ1) is 29.0. The maximum absolute atomic E-state index is 13.4. The van der Waals surface area contributed by atoms with Gasteiger partial charge in [-0.05, 0) is 87.7 Å². The Morgan fingerprint density at radius 1 is 0.724 bits per heavy atom. The molecule has 2 unspecified atom stereocenters. The Balaban J connectivity index is 6.45. The van der Waals surface area contributed by atoms with Gasteiger partial charge < -0.3 is 18.3 Å². The Hall–Kier alpha value is 0.0238. The average Bonchev–Trinajstić information content (AvgIpc) is 2.36. The van der Waals surface area contributed by atoms with E-state index < -0.39 is 55.4 Å². The summed E-state index contributed by atoms with van der Waals surface area (Å²) >= 11 is 1.86. The molecule has 9 heteroatoms. The molecular formula is C20H41IO6Si2. The maximum atomic E-state index is 13.4. The second-order valence-electron chi connectivity index (χ2n) is 11.3. The van der Waals surface area contributed by atoms with E-state index in [1.807, 2.05) is 49.2 Å². The predicted molar refractivity (Wildman–Crippen MR) is 131 cm³/mol. The van der Waals surface area contributed by atoms with Crippen LogP contribution < -0.4 is 0 Å². The first-order valence-electron chi connectivity index (χ1n) is 9.99. The van der Waals surface area contributed by atoms with Crippen LogP contribution in [0.1, 0.15) is 48.5 Å². The van der Waals surface area contributed by atoms with Gasteiger partial charge in [-0.25, -0.2) is 9.59 Å². The largest absolute Gasteiger partial charge is 0.458 e. The van der Waals surface area contributed by atoms with Crippen LogP contribution in [-0.4, -0.2) is 55.4 Å². The van der Waals surface area contributed by atoms with Gasteiger partial charge in [0.15, 0.2) is 16.6 Å². The van der Waals surface area contributed by atoms with Gasteiger partial charge in [0.05, 0.1) is 6.10 Å². The van der Waals surface area contributed by atoms with Crippen molar-refractivity contribution in [1.29, 1.82) is 0 Å². The molecule has 172 valence electrons. The van der Waals surface area contributed by atoms with Crippen LogP contribution in [-0.2, 0) is 27.9 Å². The van der Waals surface area contributed by atoms with E-state index in [1.54, 1.807) is 41.5 Å². The Morgan fingerprint density at radius 3 is 1.28 bits per heavy atom. The highest BCUT2D eigenvalue weighted by Crippen LogP contribution is 2.37. The van der Waals surface area contributed by atoms with Crippen molar-refractivity contribution < 1.29 is 27.9 Å². The van der Waals surface area contributed by atoms with Crippen LogP contribution in [0, 0.1) is 0 Å². The number of carbonyl (C=O) groups excluding carboxylic acids is 2. The first-order chi connectivity index (χ1) is 12.5. The van der Waals surface area contributed by atoms with Crippen molar-refractivity contribution in [3.05, 3.63) is 0 Å². The fourth-order valence-corrected chi connectivity index (χ4v) is 5.98. The number of esters is 2. The highest BCUT2D eigenvalue weighted by Gasteiger charge is 2.58. The lowest BCUT2D eigenvalue weighted by molar-refractivity contribution is -0.176. The molecule has 0 rings (SSSR count). The molecule has 0 aliphatic rings. The van der Waals surface area contributed by atoms with E-state index in [9.17, 15) is 9.59 Å². The van der Waals surface area contributed by atoms with Gasteiger partial charge in [-0.1, -0.05) is 22.6 Å². The first-order valence-corrected chi connectivity index (χ1v) is 17.9. The van der Waals surface area contributed by atoms with E-state index in [1.165, 1.54) is 0 Å². The molecule has 0 aromatic rings. The van der Waals surface area contributed by atoms with Crippen molar-refractivity contribution in [3.8, 4) is 0 Å². The summed E-state index contributed by atoms with van der Waals surface area (Å²) in [6.07, 6.45) is -1.34. The molecule has 0 aromatic carbocycles. The molecule has 0 aliphatic heterocycles. The summed E-state index contributed by atoms with van der Waals surface area (Å²) in [5, 5.41) is 0. The van der Waals surface area contributed by atoms with Crippen molar-refractivity contribution in [3.63, 3.8) is 0 Å². The standard InChI is InChI=1S/C20H41IO6Si2/c1-14(26-28(8,9)10)15(27-29(11,12)13)20(21,16(22)24-18(2,3)4)17(23)25-19(5,6)7/h14-15H,1-13H3. The minimum atomic E-state index is -2.16. The van der Waals surface area contributed by atoms with Gasteiger partial charge in [-0.15, -0.1) is 0 Å². The zero-order valence-corrected chi connectivity index (χ0v) is 24.6. The molecule has 0 bridgehead atoms. The van der Waals surface area contributed by atoms with E-state index >= 15 is 0 Å². The maximum Gasteiger partial charge on any atom is 0.336 e. The van der Waals surface area contributed by atoms with Crippen LogP contribution in [0.4, 0.5) is 0 Å². The highest BCUT2D eigenvalue weighted by atomic mass is 127. The predicted octanol–water partition coefficient (Wildman–Crippen LogP) is 5.30. The molecule has 0 radical (unpaired) electrons. The summed E-state index contributed by atoms with van der Waals surface area (Å²) in [4.78, 5) is 26.7. The van der Waals surface area contributed by atoms with Crippen molar-refractivity contribution in [1.82, 2.24) is 0 Å². The summed E-state index contributed by atoms with van der Waals surface area (Å²) < 4.78 is 22.3. The average molecular weight is 561 g/mol. The van der Waals surface area contributed by atoms with Crippen LogP contribution in [0.2, 0.25) is 39.3 Å². The Kier molecular flexibility index (Phi) is 9.67. The molecule has 0 aromatic heterocycles. The molecule has 29 heavy (non-hydrogen) atoms. The minimum Gasteiger partial charge on any atom is -0.458 e. The van der Waals surface area contributed by atoms with E-state index in [4.69, 9.17) is 18.3 Å². The van der Waals surface area contributed by atoms with Gasteiger partial charge >= 0.3 is 11.9 Å². The quantitative estimate of drug-likeness (QED) is 0.132. The lowest BCUT2D eigenvalue weighted by Crippen LogP contribution is -2.62. The molecule has 0 aliphatic carbocycles. The monoisotopic (exact) mass is 560 g/mol. The summed E-state index contributed by atoms with van der Waals surface area (Å²) in [5.41, 5.74) is -1.52. The number of ether oxygens (including phenoxy) is 2. The van der Waals surface area contributed by atoms with Gasteiger partial charge in [-0.3, -0.25) is 0 Å². The zero-order valence-electron chi connectivity index (χ0n) is 20.5. The molecule has 0 amide bonds. The second kappa shape index (κ2) is 9.66. The van der Waals surface area contributed by atoms with Crippen LogP contribution in [0.15, 0.2) is 0 Å². The highest BCUT2D eigenvalue weighted by molar-refractivity contribution is 14.1. The van der Waals surface area contributed by atoms with E-state index in [2.05, 4.69) is 19.6 Å². The number of hydrogen-bond acceptors (Lipinski definition) is 6. The van der Waals surface area contributed by atoms with Gasteiger partial charge in [0, 0.05) is 0 Å². The number of rotatable bonds is 8. The SMILES string of the molecule is CC(O[Si](C)(C)C)C(O[Si](C)(C)C)C(I)(C(=O)OC(C)(C)C)C(=O)OC(C)(C)C. The van der Waals surface area contributed by atoms with Crippen LogP contribution in [0.25, 0.3) is 0 Å². The van der Waals surface area contributed by atoms with Gasteiger partial charge in [0.25, 0.3) is 0 Å². The number of alkyl halides is 1. The van der Waals surface area contributed by atoms with Crippen molar-refractivity contribution in [2.24, 2.45) is 0 Å². The molecule has 2 atom stereocenters. The Morgan fingerprint density at radius 2 is 1.03 bits per heavy atom. The third-order valence-corrected chi connectivity index (χ3v) is 6.76. The van der Waals surface area contributed by atoms with Crippen molar-refractivity contribution in [2.45, 2.75) is 115 Å². The van der Waals surface area contributed by atoms with Gasteiger partial charge in [-0.2, -0.15) is 0 Å². The molecule has 0 saturated carbocycles. The molecular weight excluding hydrogens is 519 g/mol. The lowest BCUT2D eigenvalue weighted by atomic mass is 9.97. The van der Waals surface area contributed by atoms with E-state index in [0.29, 0.717) is 0 Å². The summed E-state index contributed by atoms with van der Waals surface area (Å²) in [6, 6.07) is 0. The molecule has 0 spiro atoms. The van der Waals surface area contributed by atoms with E-state index in [0.717, 1.165) is 0 Å². The molecule has 0 N–H and O–H groups in total. The molecule has 0 fully saturated rings. The van der Waals surface area contributed by atoms with Crippen LogP contribution in [0.3, 0.4) is 0 Å². The van der Waals surface area contributed by atoms with Gasteiger partial charge in [0.2, 0.25) is 3.42 Å². The van der Waals surface area contributed by atoms with Crippen molar-refractivity contribution >= 4 is 51.2 Å². The molecule has 6 nitrogen and oxygen atoms in total. The summed E-state index contributed by atoms with van der Waals surface area (Å²) in [6.45, 7) is 24.7.